The van der Waals surface area contributed by atoms with Crippen LogP contribution < -0.4 is 16.6 Å². The van der Waals surface area contributed by atoms with Crippen molar-refractivity contribution in [2.75, 3.05) is 0 Å². The minimum atomic E-state index is -1.38. The lowest BCUT2D eigenvalue weighted by Crippen LogP contribution is -2.52. The molecule has 0 spiro atoms. The molecule has 138 valence electrons. The Balaban J connectivity index is 1.82. The molecule has 2 amide bonds. The van der Waals surface area contributed by atoms with Crippen molar-refractivity contribution in [2.24, 2.45) is 11.7 Å². The smallest absolute Gasteiger partial charge is 0.269 e. The summed E-state index contributed by atoms with van der Waals surface area (Å²) in [6, 6.07) is 3.66. The van der Waals surface area contributed by atoms with Crippen molar-refractivity contribution in [2.45, 2.75) is 50.7 Å². The average Bonchev–Trinajstić information content (AvgIpc) is 2.58. The highest BCUT2D eigenvalue weighted by atomic mass is 35.5. The highest BCUT2D eigenvalue weighted by molar-refractivity contribution is 6.35. The molecule has 0 bridgehead atoms. The van der Waals surface area contributed by atoms with Gasteiger partial charge in [0.05, 0.1) is 0 Å². The standard InChI is InChI=1S/C17H23Cl2N3O3/c18-12-7-11(8-13(19)9-12)16(24)21-22-17(25)15(23)14(20)6-10-4-2-1-3-5-10/h7-10,14-15,23H,1-6,20H2,(H,21,24)(H,22,25)/t14-,15?/m1/s1. The maximum absolute atomic E-state index is 12.0. The molecule has 0 saturated heterocycles. The molecule has 6 nitrogen and oxygen atoms in total. The number of carbonyl (C=O) groups excluding carboxylic acids is 2. The van der Waals surface area contributed by atoms with E-state index < -0.39 is 24.0 Å². The van der Waals surface area contributed by atoms with Crippen molar-refractivity contribution in [1.29, 1.82) is 0 Å². The number of aliphatic hydroxyl groups excluding tert-OH is 1. The van der Waals surface area contributed by atoms with E-state index in [2.05, 4.69) is 10.9 Å². The van der Waals surface area contributed by atoms with Gasteiger partial charge in [0.1, 0.15) is 6.10 Å². The summed E-state index contributed by atoms with van der Waals surface area (Å²) >= 11 is 11.7. The molecule has 0 radical (unpaired) electrons. The number of halogens is 2. The number of hydrogen-bond donors (Lipinski definition) is 4. The van der Waals surface area contributed by atoms with Crippen LogP contribution in [0.5, 0.6) is 0 Å². The number of carbonyl (C=O) groups is 2. The van der Waals surface area contributed by atoms with Gasteiger partial charge in [-0.25, -0.2) is 0 Å². The number of nitrogens with one attached hydrogen (secondary N) is 2. The molecule has 1 aromatic carbocycles. The summed E-state index contributed by atoms with van der Waals surface area (Å²) in [5.41, 5.74) is 10.5. The number of amides is 2. The SMILES string of the molecule is N[C@H](CC1CCCCC1)C(O)C(=O)NNC(=O)c1cc(Cl)cc(Cl)c1. The second-order valence-electron chi connectivity index (χ2n) is 6.45. The summed E-state index contributed by atoms with van der Waals surface area (Å²) in [5, 5.41) is 10.7. The van der Waals surface area contributed by atoms with E-state index in [1.807, 2.05) is 0 Å². The molecular weight excluding hydrogens is 365 g/mol. The van der Waals surface area contributed by atoms with Crippen LogP contribution in [-0.4, -0.2) is 29.1 Å². The third-order valence-electron chi connectivity index (χ3n) is 4.43. The van der Waals surface area contributed by atoms with E-state index in [1.165, 1.54) is 24.6 Å². The highest BCUT2D eigenvalue weighted by Crippen LogP contribution is 2.27. The molecule has 2 atom stereocenters. The fourth-order valence-electron chi connectivity index (χ4n) is 3.08. The zero-order valence-electron chi connectivity index (χ0n) is 13.8. The summed E-state index contributed by atoms with van der Waals surface area (Å²) in [6.07, 6.45) is 4.92. The molecule has 1 fully saturated rings. The fourth-order valence-corrected chi connectivity index (χ4v) is 3.61. The molecule has 1 aromatic rings. The molecule has 0 aromatic heterocycles. The largest absolute Gasteiger partial charge is 0.382 e. The average molecular weight is 388 g/mol. The van der Waals surface area contributed by atoms with Gasteiger partial charge in [-0.15, -0.1) is 0 Å². The van der Waals surface area contributed by atoms with Crippen LogP contribution in [0.25, 0.3) is 0 Å². The molecule has 2 rings (SSSR count). The molecule has 8 heteroatoms. The van der Waals surface area contributed by atoms with Crippen LogP contribution in [0.4, 0.5) is 0 Å². The van der Waals surface area contributed by atoms with Crippen LogP contribution in [0.15, 0.2) is 18.2 Å². The third kappa shape index (κ3) is 6.15. The minimum Gasteiger partial charge on any atom is -0.382 e. The van der Waals surface area contributed by atoms with Gasteiger partial charge in [-0.2, -0.15) is 0 Å². The van der Waals surface area contributed by atoms with Gasteiger partial charge < -0.3 is 10.8 Å². The predicted molar refractivity (Wildman–Crippen MR) is 97.2 cm³/mol. The zero-order chi connectivity index (χ0) is 18.4. The zero-order valence-corrected chi connectivity index (χ0v) is 15.3. The summed E-state index contributed by atoms with van der Waals surface area (Å²) in [7, 11) is 0. The third-order valence-corrected chi connectivity index (χ3v) is 4.86. The van der Waals surface area contributed by atoms with Gasteiger partial charge in [0.15, 0.2) is 0 Å². The molecule has 25 heavy (non-hydrogen) atoms. The summed E-state index contributed by atoms with van der Waals surface area (Å²) in [5.74, 6) is -0.898. The number of nitrogens with two attached hydrogens (primary N) is 1. The van der Waals surface area contributed by atoms with Gasteiger partial charge in [0.25, 0.3) is 11.8 Å². The van der Waals surface area contributed by atoms with E-state index in [0.717, 1.165) is 25.7 Å². The Morgan fingerprint density at radius 1 is 1.12 bits per heavy atom. The van der Waals surface area contributed by atoms with Crippen molar-refractivity contribution in [3.05, 3.63) is 33.8 Å². The van der Waals surface area contributed by atoms with E-state index in [-0.39, 0.29) is 5.56 Å². The maximum atomic E-state index is 12.0. The minimum absolute atomic E-state index is 0.193. The summed E-state index contributed by atoms with van der Waals surface area (Å²) < 4.78 is 0. The number of benzene rings is 1. The number of hydrazine groups is 1. The topological polar surface area (TPSA) is 104 Å². The second-order valence-corrected chi connectivity index (χ2v) is 7.32. The quantitative estimate of drug-likeness (QED) is 0.582. The molecule has 1 unspecified atom stereocenters. The van der Waals surface area contributed by atoms with E-state index in [4.69, 9.17) is 28.9 Å². The second kappa shape index (κ2) is 9.38. The molecule has 1 aliphatic rings. The molecular formula is C17H23Cl2N3O3. The first-order chi connectivity index (χ1) is 11.9. The summed E-state index contributed by atoms with van der Waals surface area (Å²) in [6.45, 7) is 0. The van der Waals surface area contributed by atoms with Gasteiger partial charge in [-0.1, -0.05) is 55.3 Å². The Morgan fingerprint density at radius 3 is 2.32 bits per heavy atom. The molecule has 0 heterocycles. The van der Waals surface area contributed by atoms with Crippen LogP contribution in [-0.2, 0) is 4.79 Å². The Labute approximate surface area is 157 Å². The van der Waals surface area contributed by atoms with Crippen LogP contribution >= 0.6 is 23.2 Å². The van der Waals surface area contributed by atoms with Crippen molar-refractivity contribution >= 4 is 35.0 Å². The first kappa shape index (κ1) is 20.0. The van der Waals surface area contributed by atoms with Crippen molar-refractivity contribution in [3.63, 3.8) is 0 Å². The van der Waals surface area contributed by atoms with Crippen molar-refractivity contribution < 1.29 is 14.7 Å². The lowest BCUT2D eigenvalue weighted by molar-refractivity contribution is -0.131. The predicted octanol–water partition coefficient (Wildman–Crippen LogP) is 2.41. The molecule has 1 saturated carbocycles. The first-order valence-corrected chi connectivity index (χ1v) is 9.12. The lowest BCUT2D eigenvalue weighted by atomic mass is 9.84. The Kier molecular flexibility index (Phi) is 7.50. The van der Waals surface area contributed by atoms with Gasteiger partial charge in [0, 0.05) is 21.7 Å². The van der Waals surface area contributed by atoms with E-state index in [1.54, 1.807) is 0 Å². The summed E-state index contributed by atoms with van der Waals surface area (Å²) in [4.78, 5) is 24.0. The number of rotatable bonds is 5. The van der Waals surface area contributed by atoms with Crippen LogP contribution in [0.2, 0.25) is 10.0 Å². The molecule has 0 aliphatic heterocycles. The number of hydrogen-bond acceptors (Lipinski definition) is 4. The van der Waals surface area contributed by atoms with Crippen molar-refractivity contribution in [1.82, 2.24) is 10.9 Å². The van der Waals surface area contributed by atoms with Gasteiger partial charge >= 0.3 is 0 Å². The number of aliphatic hydroxyl groups is 1. The van der Waals surface area contributed by atoms with E-state index in [0.29, 0.717) is 22.4 Å². The van der Waals surface area contributed by atoms with Crippen LogP contribution in [0.1, 0.15) is 48.9 Å². The Bertz CT molecular complexity index is 601. The molecule has 1 aliphatic carbocycles. The van der Waals surface area contributed by atoms with E-state index >= 15 is 0 Å². The van der Waals surface area contributed by atoms with Gasteiger partial charge in [-0.3, -0.25) is 20.4 Å². The Hall–Kier alpha value is -1.34. The van der Waals surface area contributed by atoms with Crippen LogP contribution in [0.3, 0.4) is 0 Å². The maximum Gasteiger partial charge on any atom is 0.269 e. The van der Waals surface area contributed by atoms with Gasteiger partial charge in [-0.05, 0) is 30.5 Å². The monoisotopic (exact) mass is 387 g/mol. The normalized spacial score (nSPS) is 17.6. The lowest BCUT2D eigenvalue weighted by Gasteiger charge is -2.26. The van der Waals surface area contributed by atoms with Gasteiger partial charge in [0.2, 0.25) is 0 Å². The fraction of sp³-hybridized carbons (Fsp3) is 0.529. The molecule has 5 N–H and O–H groups in total. The first-order valence-electron chi connectivity index (χ1n) is 8.36. The van der Waals surface area contributed by atoms with Crippen LogP contribution in [0, 0.1) is 5.92 Å². The highest BCUT2D eigenvalue weighted by Gasteiger charge is 2.26. The van der Waals surface area contributed by atoms with E-state index in [9.17, 15) is 14.7 Å². The Morgan fingerprint density at radius 2 is 1.72 bits per heavy atom. The van der Waals surface area contributed by atoms with Crippen molar-refractivity contribution in [3.8, 4) is 0 Å².